The van der Waals surface area contributed by atoms with Crippen molar-refractivity contribution < 1.29 is 4.39 Å². The van der Waals surface area contributed by atoms with E-state index in [2.05, 4.69) is 30.3 Å². The van der Waals surface area contributed by atoms with Gasteiger partial charge < -0.3 is 0 Å². The summed E-state index contributed by atoms with van der Waals surface area (Å²) in [6.07, 6.45) is 11.9. The van der Waals surface area contributed by atoms with Gasteiger partial charge in [0.1, 0.15) is 5.83 Å². The molecular weight excluding hydrogens is 271 g/mol. The molecule has 0 N–H and O–H groups in total. The summed E-state index contributed by atoms with van der Waals surface area (Å²) in [4.78, 5) is 0. The number of allylic oxidation sites excluding steroid dienone is 6. The van der Waals surface area contributed by atoms with E-state index >= 15 is 0 Å². The molecule has 2 aliphatic rings. The fourth-order valence-electron chi connectivity index (χ4n) is 3.74. The maximum absolute atomic E-state index is 14.7. The number of hydrogen-bond donors (Lipinski definition) is 0. The van der Waals surface area contributed by atoms with E-state index in [1.54, 1.807) is 0 Å². The van der Waals surface area contributed by atoms with Gasteiger partial charge in [-0.3, -0.25) is 0 Å². The molecule has 1 aromatic carbocycles. The van der Waals surface area contributed by atoms with E-state index in [-0.39, 0.29) is 5.83 Å². The molecule has 0 radical (unpaired) electrons. The highest BCUT2D eigenvalue weighted by Crippen LogP contribution is 2.37. The van der Waals surface area contributed by atoms with Gasteiger partial charge >= 0.3 is 0 Å². The second-order valence-corrected chi connectivity index (χ2v) is 6.61. The van der Waals surface area contributed by atoms with Crippen LogP contribution in [0.1, 0.15) is 51.0 Å². The first-order chi connectivity index (χ1) is 10.7. The standard InChI is InChI=1S/C21H25F/c1-16-8-7-13-20(21(16)22)19(15-18-11-5-6-12-18)14-17-9-3-2-4-10-17/h2-4,8-11,19H,5-7,12-15H2,1H3. The Morgan fingerprint density at radius 2 is 1.82 bits per heavy atom. The van der Waals surface area contributed by atoms with Crippen LogP contribution in [-0.4, -0.2) is 0 Å². The second kappa shape index (κ2) is 7.09. The quantitative estimate of drug-likeness (QED) is 0.558. The predicted molar refractivity (Wildman–Crippen MR) is 91.3 cm³/mol. The summed E-state index contributed by atoms with van der Waals surface area (Å²) in [5.41, 5.74) is 4.74. The van der Waals surface area contributed by atoms with E-state index in [4.69, 9.17) is 0 Å². The molecule has 0 aromatic heterocycles. The molecule has 0 heterocycles. The van der Waals surface area contributed by atoms with Gasteiger partial charge in [0, 0.05) is 0 Å². The lowest BCUT2D eigenvalue weighted by molar-refractivity contribution is 0.518. The summed E-state index contributed by atoms with van der Waals surface area (Å²) in [7, 11) is 0. The SMILES string of the molecule is CC1=CCCC(C(CC2=CCCC2)Cc2ccccc2)=C1F. The van der Waals surface area contributed by atoms with Crippen LogP contribution in [0.25, 0.3) is 0 Å². The summed E-state index contributed by atoms with van der Waals surface area (Å²) >= 11 is 0. The number of benzene rings is 1. The fourth-order valence-corrected chi connectivity index (χ4v) is 3.74. The number of hydrogen-bond acceptors (Lipinski definition) is 0. The zero-order valence-corrected chi connectivity index (χ0v) is 13.4. The predicted octanol–water partition coefficient (Wildman–Crippen LogP) is 6.31. The van der Waals surface area contributed by atoms with E-state index in [1.807, 2.05) is 19.1 Å². The van der Waals surface area contributed by atoms with Gasteiger partial charge in [0.25, 0.3) is 0 Å². The van der Waals surface area contributed by atoms with Crippen LogP contribution in [0.5, 0.6) is 0 Å². The van der Waals surface area contributed by atoms with Crippen molar-refractivity contribution in [2.75, 3.05) is 0 Å². The van der Waals surface area contributed by atoms with Gasteiger partial charge in [-0.2, -0.15) is 0 Å². The molecule has 2 aliphatic carbocycles. The average Bonchev–Trinajstić information content (AvgIpc) is 3.03. The molecule has 3 rings (SSSR count). The molecule has 0 saturated carbocycles. The van der Waals surface area contributed by atoms with Gasteiger partial charge in [0.15, 0.2) is 0 Å². The molecule has 0 amide bonds. The van der Waals surface area contributed by atoms with Crippen molar-refractivity contribution in [1.82, 2.24) is 0 Å². The van der Waals surface area contributed by atoms with E-state index in [9.17, 15) is 4.39 Å². The Hall–Kier alpha value is -1.63. The van der Waals surface area contributed by atoms with Crippen molar-refractivity contribution in [1.29, 1.82) is 0 Å². The Morgan fingerprint density at radius 1 is 1.00 bits per heavy atom. The maximum Gasteiger partial charge on any atom is 0.125 e. The molecule has 0 bridgehead atoms. The third-order valence-corrected chi connectivity index (χ3v) is 4.95. The molecular formula is C21H25F. The van der Waals surface area contributed by atoms with Crippen LogP contribution in [-0.2, 0) is 6.42 Å². The first-order valence-corrected chi connectivity index (χ1v) is 8.51. The fraction of sp³-hybridized carbons (Fsp3) is 0.429. The molecule has 1 heteroatoms. The maximum atomic E-state index is 14.7. The van der Waals surface area contributed by atoms with Crippen LogP contribution in [0.4, 0.5) is 4.39 Å². The van der Waals surface area contributed by atoms with Crippen molar-refractivity contribution in [2.24, 2.45) is 5.92 Å². The van der Waals surface area contributed by atoms with Crippen LogP contribution in [0.15, 0.2) is 65.0 Å². The van der Waals surface area contributed by atoms with E-state index in [0.717, 1.165) is 36.8 Å². The monoisotopic (exact) mass is 296 g/mol. The Kier molecular flexibility index (Phi) is 4.92. The largest absolute Gasteiger partial charge is 0.207 e. The van der Waals surface area contributed by atoms with Gasteiger partial charge in [0.2, 0.25) is 0 Å². The second-order valence-electron chi connectivity index (χ2n) is 6.61. The third kappa shape index (κ3) is 3.58. The van der Waals surface area contributed by atoms with Gasteiger partial charge in [-0.05, 0) is 74.5 Å². The molecule has 116 valence electrons. The van der Waals surface area contributed by atoms with Crippen LogP contribution in [0.2, 0.25) is 0 Å². The summed E-state index contributed by atoms with van der Waals surface area (Å²) in [6.45, 7) is 1.91. The molecule has 0 nitrogen and oxygen atoms in total. The topological polar surface area (TPSA) is 0 Å². The van der Waals surface area contributed by atoms with Gasteiger partial charge in [0.05, 0.1) is 0 Å². The van der Waals surface area contributed by atoms with Crippen molar-refractivity contribution >= 4 is 0 Å². The van der Waals surface area contributed by atoms with Crippen LogP contribution >= 0.6 is 0 Å². The minimum atomic E-state index is 0.0609. The lowest BCUT2D eigenvalue weighted by atomic mass is 9.81. The molecule has 0 fully saturated rings. The van der Waals surface area contributed by atoms with Crippen molar-refractivity contribution in [2.45, 2.75) is 51.9 Å². The Labute approximate surface area is 133 Å². The van der Waals surface area contributed by atoms with Crippen LogP contribution in [0.3, 0.4) is 0 Å². The molecule has 0 aliphatic heterocycles. The first-order valence-electron chi connectivity index (χ1n) is 8.51. The highest BCUT2D eigenvalue weighted by Gasteiger charge is 2.24. The molecule has 1 atom stereocenters. The molecule has 1 unspecified atom stereocenters. The lowest BCUT2D eigenvalue weighted by Gasteiger charge is -2.25. The Balaban J connectivity index is 1.85. The summed E-state index contributed by atoms with van der Waals surface area (Å²) in [5.74, 6) is 0.376. The van der Waals surface area contributed by atoms with Gasteiger partial charge in [-0.1, -0.05) is 48.1 Å². The van der Waals surface area contributed by atoms with Gasteiger partial charge in [-0.15, -0.1) is 0 Å². The lowest BCUT2D eigenvalue weighted by Crippen LogP contribution is -2.13. The van der Waals surface area contributed by atoms with Gasteiger partial charge in [-0.25, -0.2) is 4.39 Å². The molecule has 0 saturated heterocycles. The van der Waals surface area contributed by atoms with E-state index < -0.39 is 0 Å². The average molecular weight is 296 g/mol. The summed E-state index contributed by atoms with van der Waals surface area (Å²) < 4.78 is 14.7. The van der Waals surface area contributed by atoms with Crippen molar-refractivity contribution in [3.05, 3.63) is 70.6 Å². The van der Waals surface area contributed by atoms with Crippen molar-refractivity contribution in [3.8, 4) is 0 Å². The van der Waals surface area contributed by atoms with E-state index in [1.165, 1.54) is 30.4 Å². The van der Waals surface area contributed by atoms with Crippen LogP contribution in [0, 0.1) is 5.92 Å². The smallest absolute Gasteiger partial charge is 0.125 e. The summed E-state index contributed by atoms with van der Waals surface area (Å²) in [6, 6.07) is 10.5. The number of halogens is 1. The minimum absolute atomic E-state index is 0.0609. The van der Waals surface area contributed by atoms with Crippen LogP contribution < -0.4 is 0 Å². The minimum Gasteiger partial charge on any atom is -0.207 e. The zero-order valence-electron chi connectivity index (χ0n) is 13.4. The zero-order chi connectivity index (χ0) is 15.4. The first kappa shape index (κ1) is 15.3. The number of rotatable bonds is 5. The van der Waals surface area contributed by atoms with Crippen molar-refractivity contribution in [3.63, 3.8) is 0 Å². The Bertz CT molecular complexity index is 604. The van der Waals surface area contributed by atoms with E-state index in [0.29, 0.717) is 5.92 Å². The third-order valence-electron chi connectivity index (χ3n) is 4.95. The molecule has 22 heavy (non-hydrogen) atoms. The highest BCUT2D eigenvalue weighted by molar-refractivity contribution is 5.35. The summed E-state index contributed by atoms with van der Waals surface area (Å²) in [5, 5.41) is 0. The molecule has 1 aromatic rings. The Morgan fingerprint density at radius 3 is 2.55 bits per heavy atom. The highest BCUT2D eigenvalue weighted by atomic mass is 19.1. The molecule has 0 spiro atoms. The normalized spacial score (nSPS) is 19.9.